The summed E-state index contributed by atoms with van der Waals surface area (Å²) in [5.74, 6) is 0.949. The van der Waals surface area contributed by atoms with E-state index < -0.39 is 0 Å². The molecule has 0 saturated carbocycles. The normalized spacial score (nSPS) is 10.9. The first-order valence-corrected chi connectivity index (χ1v) is 5.61. The van der Waals surface area contributed by atoms with Crippen LogP contribution in [0, 0.1) is 11.6 Å². The molecule has 0 aliphatic heterocycles. The van der Waals surface area contributed by atoms with E-state index in [0.29, 0.717) is 4.64 Å². The zero-order valence-electron chi connectivity index (χ0n) is 8.59. The summed E-state index contributed by atoms with van der Waals surface area (Å²) in [5.41, 5.74) is 1.04. The minimum Gasteiger partial charge on any atom is -0.346 e. The van der Waals surface area contributed by atoms with E-state index in [9.17, 15) is 0 Å². The van der Waals surface area contributed by atoms with Gasteiger partial charge in [0.1, 0.15) is 10.5 Å². The van der Waals surface area contributed by atoms with Crippen LogP contribution >= 0.6 is 28.1 Å². The second-order valence-corrected chi connectivity index (χ2v) is 4.66. The van der Waals surface area contributed by atoms with Crippen molar-refractivity contribution < 1.29 is 0 Å². The van der Waals surface area contributed by atoms with Gasteiger partial charge in [0, 0.05) is 18.7 Å². The Balaban J connectivity index is 2.85. The quantitative estimate of drug-likeness (QED) is 0.860. The number of nitrogens with one attached hydrogen (secondary N) is 1. The molecule has 1 rings (SSSR count). The van der Waals surface area contributed by atoms with E-state index in [2.05, 4.69) is 30.8 Å². The SMILES string of the molecule is Cc1[nH]c(CCN(C)C)nc(=S)c1Br. The lowest BCUT2D eigenvalue weighted by molar-refractivity contribution is 0.409. The molecule has 0 fully saturated rings. The molecule has 1 N–H and O–H groups in total. The fraction of sp³-hybridized carbons (Fsp3) is 0.556. The Morgan fingerprint density at radius 2 is 2.14 bits per heavy atom. The molecule has 0 aliphatic rings. The molecule has 0 spiro atoms. The molecule has 1 aromatic heterocycles. The highest BCUT2D eigenvalue weighted by Crippen LogP contribution is 2.14. The smallest absolute Gasteiger partial charge is 0.144 e. The van der Waals surface area contributed by atoms with Gasteiger partial charge in [-0.15, -0.1) is 0 Å². The molecule has 0 aliphatic carbocycles. The second kappa shape index (κ2) is 5.00. The van der Waals surface area contributed by atoms with Gasteiger partial charge in [0.25, 0.3) is 0 Å². The van der Waals surface area contributed by atoms with Gasteiger partial charge in [0.15, 0.2) is 0 Å². The van der Waals surface area contributed by atoms with Crippen molar-refractivity contribution in [3.05, 3.63) is 20.6 Å². The van der Waals surface area contributed by atoms with Gasteiger partial charge in [-0.05, 0) is 36.9 Å². The monoisotopic (exact) mass is 275 g/mol. The van der Waals surface area contributed by atoms with E-state index in [1.165, 1.54) is 0 Å². The first kappa shape index (κ1) is 11.8. The van der Waals surface area contributed by atoms with Crippen molar-refractivity contribution in [1.82, 2.24) is 14.9 Å². The molecule has 5 heteroatoms. The summed E-state index contributed by atoms with van der Waals surface area (Å²) in [7, 11) is 4.08. The molecule has 0 aromatic carbocycles. The molecule has 0 radical (unpaired) electrons. The highest BCUT2D eigenvalue weighted by molar-refractivity contribution is 9.10. The zero-order chi connectivity index (χ0) is 10.7. The molecule has 0 atom stereocenters. The molecule has 78 valence electrons. The Bertz CT molecular complexity index is 373. The van der Waals surface area contributed by atoms with Gasteiger partial charge in [-0.25, -0.2) is 4.98 Å². The van der Waals surface area contributed by atoms with Gasteiger partial charge in [-0.3, -0.25) is 0 Å². The molecule has 3 nitrogen and oxygen atoms in total. The molecule has 0 unspecified atom stereocenters. The van der Waals surface area contributed by atoms with Crippen LogP contribution in [-0.2, 0) is 6.42 Å². The zero-order valence-corrected chi connectivity index (χ0v) is 11.0. The maximum Gasteiger partial charge on any atom is 0.144 e. The Kier molecular flexibility index (Phi) is 4.22. The fourth-order valence-electron chi connectivity index (χ4n) is 1.08. The van der Waals surface area contributed by atoms with E-state index in [0.717, 1.165) is 29.0 Å². The Hall–Kier alpha value is -0.260. The first-order valence-electron chi connectivity index (χ1n) is 4.40. The Labute approximate surface area is 97.7 Å². The van der Waals surface area contributed by atoms with Crippen molar-refractivity contribution in [2.45, 2.75) is 13.3 Å². The largest absolute Gasteiger partial charge is 0.346 e. The van der Waals surface area contributed by atoms with Crippen molar-refractivity contribution in [3.63, 3.8) is 0 Å². The van der Waals surface area contributed by atoms with Gasteiger partial charge in [-0.1, -0.05) is 12.2 Å². The van der Waals surface area contributed by atoms with Gasteiger partial charge >= 0.3 is 0 Å². The summed E-state index contributed by atoms with van der Waals surface area (Å²) in [5, 5.41) is 0. The summed E-state index contributed by atoms with van der Waals surface area (Å²) < 4.78 is 1.52. The predicted octanol–water partition coefficient (Wildman–Crippen LogP) is 2.31. The van der Waals surface area contributed by atoms with Crippen LogP contribution in [0.3, 0.4) is 0 Å². The van der Waals surface area contributed by atoms with E-state index >= 15 is 0 Å². The Morgan fingerprint density at radius 3 is 2.64 bits per heavy atom. The van der Waals surface area contributed by atoms with E-state index in [1.54, 1.807) is 0 Å². The molecular weight excluding hydrogens is 262 g/mol. The van der Waals surface area contributed by atoms with Crippen molar-refractivity contribution in [1.29, 1.82) is 0 Å². The molecule has 0 bridgehead atoms. The molecule has 1 aromatic rings. The van der Waals surface area contributed by atoms with E-state index in [1.807, 2.05) is 21.0 Å². The number of hydrogen-bond donors (Lipinski definition) is 1. The number of halogens is 1. The first-order chi connectivity index (χ1) is 6.50. The van der Waals surface area contributed by atoms with Crippen LogP contribution in [-0.4, -0.2) is 35.5 Å². The van der Waals surface area contributed by atoms with Crippen LogP contribution in [0.15, 0.2) is 4.47 Å². The number of likely N-dealkylation sites (N-methyl/N-ethyl adjacent to an activating group) is 1. The lowest BCUT2D eigenvalue weighted by Crippen LogP contribution is -2.16. The van der Waals surface area contributed by atoms with Gasteiger partial charge < -0.3 is 9.88 Å². The number of aryl methyl sites for hydroxylation is 1. The van der Waals surface area contributed by atoms with Gasteiger partial charge in [-0.2, -0.15) is 0 Å². The number of H-pyrrole nitrogens is 1. The van der Waals surface area contributed by atoms with Crippen LogP contribution in [0.1, 0.15) is 11.5 Å². The third kappa shape index (κ3) is 3.15. The average Bonchev–Trinajstić information content (AvgIpc) is 2.10. The summed E-state index contributed by atoms with van der Waals surface area (Å²) in [6.07, 6.45) is 0.894. The number of aromatic amines is 1. The maximum absolute atomic E-state index is 5.12. The van der Waals surface area contributed by atoms with Gasteiger partial charge in [0.05, 0.1) is 4.47 Å². The number of hydrogen-bond acceptors (Lipinski definition) is 3. The third-order valence-corrected chi connectivity index (χ3v) is 3.41. The van der Waals surface area contributed by atoms with Crippen LogP contribution in [0.25, 0.3) is 0 Å². The van der Waals surface area contributed by atoms with Crippen LogP contribution < -0.4 is 0 Å². The number of nitrogens with zero attached hydrogens (tertiary/aromatic N) is 2. The maximum atomic E-state index is 5.12. The van der Waals surface area contributed by atoms with Crippen LogP contribution in [0.4, 0.5) is 0 Å². The fourth-order valence-corrected chi connectivity index (χ4v) is 1.53. The lowest BCUT2D eigenvalue weighted by Gasteiger charge is -2.09. The average molecular weight is 276 g/mol. The van der Waals surface area contributed by atoms with Crippen molar-refractivity contribution in [2.75, 3.05) is 20.6 Å². The van der Waals surface area contributed by atoms with E-state index in [-0.39, 0.29) is 0 Å². The summed E-state index contributed by atoms with van der Waals surface area (Å²) in [6, 6.07) is 0. The predicted molar refractivity (Wildman–Crippen MR) is 64.1 cm³/mol. The highest BCUT2D eigenvalue weighted by atomic mass is 79.9. The minimum atomic E-state index is 0.634. The van der Waals surface area contributed by atoms with Gasteiger partial charge in [0.2, 0.25) is 0 Å². The molecule has 0 saturated heterocycles. The van der Waals surface area contributed by atoms with Crippen molar-refractivity contribution >= 4 is 28.1 Å². The summed E-state index contributed by atoms with van der Waals surface area (Å²) in [6.45, 7) is 2.96. The topological polar surface area (TPSA) is 31.9 Å². The molecular formula is C9H14BrN3S. The van der Waals surface area contributed by atoms with Crippen LogP contribution in [0.2, 0.25) is 0 Å². The molecule has 1 heterocycles. The van der Waals surface area contributed by atoms with Crippen molar-refractivity contribution in [3.8, 4) is 0 Å². The standard InChI is InChI=1S/C9H14BrN3S/c1-6-8(10)9(14)12-7(11-6)4-5-13(2)3/h4-5H2,1-3H3,(H,11,12,14). The minimum absolute atomic E-state index is 0.634. The number of rotatable bonds is 3. The third-order valence-electron chi connectivity index (χ3n) is 1.88. The van der Waals surface area contributed by atoms with Crippen molar-refractivity contribution in [2.24, 2.45) is 0 Å². The summed E-state index contributed by atoms with van der Waals surface area (Å²) >= 11 is 8.50. The highest BCUT2D eigenvalue weighted by Gasteiger charge is 2.02. The number of aromatic nitrogens is 2. The van der Waals surface area contributed by atoms with E-state index in [4.69, 9.17) is 12.2 Å². The summed E-state index contributed by atoms with van der Waals surface area (Å²) in [4.78, 5) is 9.63. The lowest BCUT2D eigenvalue weighted by atomic mass is 10.3. The second-order valence-electron chi connectivity index (χ2n) is 3.48. The molecule has 14 heavy (non-hydrogen) atoms. The Morgan fingerprint density at radius 1 is 1.50 bits per heavy atom. The molecule has 0 amide bonds. The van der Waals surface area contributed by atoms with Crippen LogP contribution in [0.5, 0.6) is 0 Å².